The standard InChI is InChI=1S/C15H17NO2/c1-10(7-15(17)18)5-12-3-4-14-13(8-12)6-11(2)9-16-14/h3-4,6,8-10H,5,7H2,1-2H3,(H,17,18). The van der Waals surface area contributed by atoms with E-state index in [1.165, 1.54) is 5.56 Å². The number of aliphatic carboxylic acids is 1. The lowest BCUT2D eigenvalue weighted by Gasteiger charge is -2.09. The van der Waals surface area contributed by atoms with E-state index in [1.54, 1.807) is 0 Å². The normalized spacial score (nSPS) is 12.6. The molecule has 0 aliphatic carbocycles. The van der Waals surface area contributed by atoms with Crippen LogP contribution in [0.4, 0.5) is 0 Å². The third-order valence-corrected chi connectivity index (χ3v) is 2.99. The van der Waals surface area contributed by atoms with E-state index < -0.39 is 5.97 Å². The fourth-order valence-electron chi connectivity index (χ4n) is 2.19. The molecule has 0 aliphatic heterocycles. The first-order valence-corrected chi connectivity index (χ1v) is 6.11. The van der Waals surface area contributed by atoms with Crippen LogP contribution in [0.3, 0.4) is 0 Å². The quantitative estimate of drug-likeness (QED) is 0.897. The number of fused-ring (bicyclic) bond motifs is 1. The third-order valence-electron chi connectivity index (χ3n) is 2.99. The molecule has 0 amide bonds. The van der Waals surface area contributed by atoms with E-state index in [2.05, 4.69) is 17.1 Å². The molecule has 18 heavy (non-hydrogen) atoms. The van der Waals surface area contributed by atoms with Crippen molar-refractivity contribution in [2.24, 2.45) is 5.92 Å². The molecular formula is C15H17NO2. The molecule has 3 heteroatoms. The van der Waals surface area contributed by atoms with E-state index in [0.29, 0.717) is 0 Å². The van der Waals surface area contributed by atoms with Crippen LogP contribution >= 0.6 is 0 Å². The van der Waals surface area contributed by atoms with Crippen molar-refractivity contribution in [3.8, 4) is 0 Å². The van der Waals surface area contributed by atoms with Crippen LogP contribution in [0, 0.1) is 12.8 Å². The second-order valence-electron chi connectivity index (χ2n) is 4.95. The highest BCUT2D eigenvalue weighted by Crippen LogP contribution is 2.18. The van der Waals surface area contributed by atoms with Crippen molar-refractivity contribution >= 4 is 16.9 Å². The summed E-state index contributed by atoms with van der Waals surface area (Å²) in [7, 11) is 0. The van der Waals surface area contributed by atoms with E-state index in [-0.39, 0.29) is 12.3 Å². The summed E-state index contributed by atoms with van der Waals surface area (Å²) in [5, 5.41) is 9.88. The van der Waals surface area contributed by atoms with Crippen LogP contribution in [0.5, 0.6) is 0 Å². The summed E-state index contributed by atoms with van der Waals surface area (Å²) in [5.74, 6) is -0.585. The number of aryl methyl sites for hydroxylation is 1. The van der Waals surface area contributed by atoms with Crippen molar-refractivity contribution in [3.63, 3.8) is 0 Å². The van der Waals surface area contributed by atoms with Crippen LogP contribution in [0.15, 0.2) is 30.5 Å². The molecule has 1 heterocycles. The predicted octanol–water partition coefficient (Wildman–Crippen LogP) is 3.20. The van der Waals surface area contributed by atoms with Crippen LogP contribution in [0.2, 0.25) is 0 Å². The molecular weight excluding hydrogens is 226 g/mol. The summed E-state index contributed by atoms with van der Waals surface area (Å²) in [4.78, 5) is 15.0. The SMILES string of the molecule is Cc1cnc2ccc(CC(C)CC(=O)O)cc2c1. The Labute approximate surface area is 106 Å². The van der Waals surface area contributed by atoms with Crippen LogP contribution in [0.1, 0.15) is 24.5 Å². The Morgan fingerprint density at radius 3 is 2.89 bits per heavy atom. The van der Waals surface area contributed by atoms with E-state index in [1.807, 2.05) is 32.2 Å². The van der Waals surface area contributed by atoms with Crippen LogP contribution in [0.25, 0.3) is 10.9 Å². The molecule has 1 unspecified atom stereocenters. The maximum absolute atomic E-state index is 10.6. The molecule has 2 rings (SSSR count). The van der Waals surface area contributed by atoms with Gasteiger partial charge in [-0.15, -0.1) is 0 Å². The number of aromatic nitrogens is 1. The van der Waals surface area contributed by atoms with Crippen LogP contribution in [-0.2, 0) is 11.2 Å². The van der Waals surface area contributed by atoms with Crippen molar-refractivity contribution in [3.05, 3.63) is 41.6 Å². The van der Waals surface area contributed by atoms with Crippen molar-refractivity contribution in [2.75, 3.05) is 0 Å². The highest BCUT2D eigenvalue weighted by atomic mass is 16.4. The van der Waals surface area contributed by atoms with Gasteiger partial charge in [-0.05, 0) is 48.6 Å². The lowest BCUT2D eigenvalue weighted by Crippen LogP contribution is -2.06. The molecule has 0 fully saturated rings. The van der Waals surface area contributed by atoms with Gasteiger partial charge in [-0.1, -0.05) is 13.0 Å². The summed E-state index contributed by atoms with van der Waals surface area (Å²) in [6.45, 7) is 3.99. The largest absolute Gasteiger partial charge is 0.481 e. The molecule has 3 nitrogen and oxygen atoms in total. The molecule has 94 valence electrons. The van der Waals surface area contributed by atoms with E-state index in [4.69, 9.17) is 5.11 Å². The molecule has 1 N–H and O–H groups in total. The Morgan fingerprint density at radius 1 is 1.39 bits per heavy atom. The Kier molecular flexibility index (Phi) is 3.60. The van der Waals surface area contributed by atoms with Crippen molar-refractivity contribution in [2.45, 2.75) is 26.7 Å². The lowest BCUT2D eigenvalue weighted by atomic mass is 9.97. The minimum absolute atomic E-state index is 0.151. The Hall–Kier alpha value is -1.90. The predicted molar refractivity (Wildman–Crippen MR) is 71.6 cm³/mol. The van der Waals surface area contributed by atoms with Gasteiger partial charge in [-0.25, -0.2) is 0 Å². The molecule has 0 aliphatic rings. The molecule has 2 aromatic rings. The molecule has 1 aromatic heterocycles. The monoisotopic (exact) mass is 243 g/mol. The van der Waals surface area contributed by atoms with Gasteiger partial charge in [-0.3, -0.25) is 9.78 Å². The van der Waals surface area contributed by atoms with Gasteiger partial charge >= 0.3 is 5.97 Å². The lowest BCUT2D eigenvalue weighted by molar-refractivity contribution is -0.137. The molecule has 0 saturated heterocycles. The highest BCUT2D eigenvalue weighted by Gasteiger charge is 2.09. The maximum atomic E-state index is 10.6. The number of hydrogen-bond donors (Lipinski definition) is 1. The summed E-state index contributed by atoms with van der Waals surface area (Å²) in [5.41, 5.74) is 3.29. The van der Waals surface area contributed by atoms with Gasteiger partial charge in [0, 0.05) is 18.0 Å². The van der Waals surface area contributed by atoms with Gasteiger partial charge in [-0.2, -0.15) is 0 Å². The zero-order valence-corrected chi connectivity index (χ0v) is 10.7. The van der Waals surface area contributed by atoms with Gasteiger partial charge in [0.15, 0.2) is 0 Å². The molecule has 1 atom stereocenters. The Morgan fingerprint density at radius 2 is 2.17 bits per heavy atom. The summed E-state index contributed by atoms with van der Waals surface area (Å²) in [6, 6.07) is 8.24. The van der Waals surface area contributed by atoms with Gasteiger partial charge in [0.1, 0.15) is 0 Å². The second kappa shape index (κ2) is 5.17. The van der Waals surface area contributed by atoms with Gasteiger partial charge < -0.3 is 5.11 Å². The zero-order chi connectivity index (χ0) is 13.1. The zero-order valence-electron chi connectivity index (χ0n) is 10.7. The van der Waals surface area contributed by atoms with Crippen molar-refractivity contribution in [1.82, 2.24) is 4.98 Å². The minimum atomic E-state index is -0.735. The maximum Gasteiger partial charge on any atom is 0.303 e. The van der Waals surface area contributed by atoms with Crippen LogP contribution < -0.4 is 0 Å². The minimum Gasteiger partial charge on any atom is -0.481 e. The topological polar surface area (TPSA) is 50.2 Å². The summed E-state index contributed by atoms with van der Waals surface area (Å²) < 4.78 is 0. The average Bonchev–Trinajstić information content (AvgIpc) is 2.27. The van der Waals surface area contributed by atoms with Gasteiger partial charge in [0.05, 0.1) is 5.52 Å². The first kappa shape index (κ1) is 12.6. The number of hydrogen-bond acceptors (Lipinski definition) is 2. The Balaban J connectivity index is 2.21. The van der Waals surface area contributed by atoms with E-state index >= 15 is 0 Å². The summed E-state index contributed by atoms with van der Waals surface area (Å²) in [6.07, 6.45) is 2.86. The number of nitrogens with zero attached hydrogens (tertiary/aromatic N) is 1. The summed E-state index contributed by atoms with van der Waals surface area (Å²) >= 11 is 0. The smallest absolute Gasteiger partial charge is 0.303 e. The molecule has 0 saturated carbocycles. The highest BCUT2D eigenvalue weighted by molar-refractivity contribution is 5.79. The first-order valence-electron chi connectivity index (χ1n) is 6.11. The number of pyridine rings is 1. The van der Waals surface area contributed by atoms with Crippen molar-refractivity contribution in [1.29, 1.82) is 0 Å². The van der Waals surface area contributed by atoms with Crippen molar-refractivity contribution < 1.29 is 9.90 Å². The second-order valence-corrected chi connectivity index (χ2v) is 4.95. The third kappa shape index (κ3) is 3.06. The van der Waals surface area contributed by atoms with Gasteiger partial charge in [0.2, 0.25) is 0 Å². The average molecular weight is 243 g/mol. The molecule has 0 bridgehead atoms. The number of carboxylic acid groups (broad SMARTS) is 1. The molecule has 1 aromatic carbocycles. The number of benzene rings is 1. The first-order chi connectivity index (χ1) is 8.54. The fourth-order valence-corrected chi connectivity index (χ4v) is 2.19. The molecule has 0 spiro atoms. The fraction of sp³-hybridized carbons (Fsp3) is 0.333. The van der Waals surface area contributed by atoms with E-state index in [9.17, 15) is 4.79 Å². The van der Waals surface area contributed by atoms with Crippen LogP contribution in [-0.4, -0.2) is 16.1 Å². The number of carbonyl (C=O) groups is 1. The number of carboxylic acids is 1. The number of rotatable bonds is 4. The molecule has 0 radical (unpaired) electrons. The van der Waals surface area contributed by atoms with Gasteiger partial charge in [0.25, 0.3) is 0 Å². The Bertz CT molecular complexity index is 578. The van der Waals surface area contributed by atoms with E-state index in [0.717, 1.165) is 22.9 Å².